The molecule has 0 spiro atoms. The first kappa shape index (κ1) is 14.0. The largest absolute Gasteiger partial charge is 0.308 e. The summed E-state index contributed by atoms with van der Waals surface area (Å²) in [6.45, 7) is 2.40. The Morgan fingerprint density at radius 2 is 2.05 bits per heavy atom. The molecular formula is C15H12ClN3O. The van der Waals surface area contributed by atoms with Crippen LogP contribution in [0, 0.1) is 11.3 Å². The van der Waals surface area contributed by atoms with Crippen LogP contribution in [0.4, 0.5) is 5.69 Å². The van der Waals surface area contributed by atoms with E-state index in [1.807, 2.05) is 13.0 Å². The normalized spacial score (nSPS) is 9.85. The lowest BCUT2D eigenvalue weighted by Crippen LogP contribution is -2.30. The number of nitrogens with zero attached hydrogens (tertiary/aromatic N) is 3. The SMILES string of the molecule is CCN(C(=O)c1ccc(C#N)cc1)c1ccnc(Cl)c1. The second-order valence-corrected chi connectivity index (χ2v) is 4.46. The van der Waals surface area contributed by atoms with Crippen molar-refractivity contribution in [3.05, 3.63) is 58.9 Å². The Kier molecular flexibility index (Phi) is 4.34. The Bertz CT molecular complexity index is 662. The van der Waals surface area contributed by atoms with Crippen molar-refractivity contribution in [2.24, 2.45) is 0 Å². The minimum Gasteiger partial charge on any atom is -0.308 e. The van der Waals surface area contributed by atoms with Crippen LogP contribution in [0.5, 0.6) is 0 Å². The number of amides is 1. The molecule has 100 valence electrons. The van der Waals surface area contributed by atoms with Crippen LogP contribution in [-0.4, -0.2) is 17.4 Å². The van der Waals surface area contributed by atoms with Crippen molar-refractivity contribution < 1.29 is 4.79 Å². The Morgan fingerprint density at radius 3 is 2.60 bits per heavy atom. The van der Waals surface area contributed by atoms with Crippen LogP contribution in [-0.2, 0) is 0 Å². The van der Waals surface area contributed by atoms with E-state index in [-0.39, 0.29) is 5.91 Å². The lowest BCUT2D eigenvalue weighted by atomic mass is 10.1. The number of hydrogen-bond acceptors (Lipinski definition) is 3. The topological polar surface area (TPSA) is 57.0 Å². The lowest BCUT2D eigenvalue weighted by molar-refractivity contribution is 0.0988. The summed E-state index contributed by atoms with van der Waals surface area (Å²) in [5.74, 6) is -0.140. The highest BCUT2D eigenvalue weighted by Crippen LogP contribution is 2.19. The monoisotopic (exact) mass is 285 g/mol. The molecule has 0 fully saturated rings. The highest BCUT2D eigenvalue weighted by Gasteiger charge is 2.16. The fourth-order valence-electron chi connectivity index (χ4n) is 1.85. The van der Waals surface area contributed by atoms with Crippen LogP contribution < -0.4 is 4.90 Å². The predicted octanol–water partition coefficient (Wildman–Crippen LogP) is 3.27. The maximum Gasteiger partial charge on any atom is 0.258 e. The molecule has 20 heavy (non-hydrogen) atoms. The fourth-order valence-corrected chi connectivity index (χ4v) is 2.01. The molecule has 2 rings (SSSR count). The molecule has 4 nitrogen and oxygen atoms in total. The zero-order valence-corrected chi connectivity index (χ0v) is 11.6. The van der Waals surface area contributed by atoms with Crippen LogP contribution in [0.2, 0.25) is 5.15 Å². The summed E-state index contributed by atoms with van der Waals surface area (Å²) in [5, 5.41) is 9.11. The number of carbonyl (C=O) groups is 1. The van der Waals surface area contributed by atoms with Gasteiger partial charge in [-0.2, -0.15) is 5.26 Å². The average Bonchev–Trinajstić information content (AvgIpc) is 2.48. The van der Waals surface area contributed by atoms with Crippen molar-refractivity contribution in [2.75, 3.05) is 11.4 Å². The van der Waals surface area contributed by atoms with E-state index in [1.165, 1.54) is 0 Å². The van der Waals surface area contributed by atoms with E-state index >= 15 is 0 Å². The zero-order valence-electron chi connectivity index (χ0n) is 10.9. The van der Waals surface area contributed by atoms with Crippen molar-refractivity contribution in [1.29, 1.82) is 5.26 Å². The molecule has 0 saturated heterocycles. The molecule has 0 aliphatic rings. The molecule has 2 aromatic rings. The fraction of sp³-hybridized carbons (Fsp3) is 0.133. The van der Waals surface area contributed by atoms with Gasteiger partial charge in [0.1, 0.15) is 5.15 Å². The van der Waals surface area contributed by atoms with Gasteiger partial charge in [-0.25, -0.2) is 4.98 Å². The third-order valence-electron chi connectivity index (χ3n) is 2.84. The van der Waals surface area contributed by atoms with E-state index in [2.05, 4.69) is 4.98 Å². The van der Waals surface area contributed by atoms with E-state index in [4.69, 9.17) is 16.9 Å². The van der Waals surface area contributed by atoms with Crippen LogP contribution in [0.15, 0.2) is 42.6 Å². The number of pyridine rings is 1. The molecule has 5 heteroatoms. The molecule has 1 aromatic carbocycles. The quantitative estimate of drug-likeness (QED) is 0.813. The third kappa shape index (κ3) is 2.95. The second-order valence-electron chi connectivity index (χ2n) is 4.08. The van der Waals surface area contributed by atoms with Crippen LogP contribution in [0.25, 0.3) is 0 Å². The molecule has 0 N–H and O–H groups in total. The average molecular weight is 286 g/mol. The molecule has 1 amide bonds. The number of hydrogen-bond donors (Lipinski definition) is 0. The first-order chi connectivity index (χ1) is 9.65. The third-order valence-corrected chi connectivity index (χ3v) is 3.05. The number of anilines is 1. The molecule has 0 aliphatic carbocycles. The number of benzene rings is 1. The number of aromatic nitrogens is 1. The molecular weight excluding hydrogens is 274 g/mol. The van der Waals surface area contributed by atoms with Gasteiger partial charge in [0.25, 0.3) is 5.91 Å². The molecule has 0 bridgehead atoms. The summed E-state index contributed by atoms with van der Waals surface area (Å²) in [6, 6.07) is 11.9. The van der Waals surface area contributed by atoms with Gasteiger partial charge in [-0.1, -0.05) is 11.6 Å². The molecule has 1 aromatic heterocycles. The van der Waals surface area contributed by atoms with Crippen molar-refractivity contribution in [3.63, 3.8) is 0 Å². The van der Waals surface area contributed by atoms with Gasteiger partial charge in [0.15, 0.2) is 0 Å². The number of rotatable bonds is 3. The summed E-state index contributed by atoms with van der Waals surface area (Å²) in [5.41, 5.74) is 1.75. The Labute approximate surface area is 122 Å². The molecule has 1 heterocycles. The van der Waals surface area contributed by atoms with Gasteiger partial charge >= 0.3 is 0 Å². The Morgan fingerprint density at radius 1 is 1.35 bits per heavy atom. The van der Waals surface area contributed by atoms with Gasteiger partial charge in [-0.3, -0.25) is 4.79 Å². The first-order valence-electron chi connectivity index (χ1n) is 6.09. The molecule has 0 saturated carbocycles. The van der Waals surface area contributed by atoms with Crippen LogP contribution in [0.1, 0.15) is 22.8 Å². The Hall–Kier alpha value is -2.38. The predicted molar refractivity (Wildman–Crippen MR) is 77.8 cm³/mol. The van der Waals surface area contributed by atoms with E-state index in [9.17, 15) is 4.79 Å². The number of carbonyl (C=O) groups excluding carboxylic acids is 1. The van der Waals surface area contributed by atoms with E-state index < -0.39 is 0 Å². The standard InChI is InChI=1S/C15H12ClN3O/c1-2-19(13-7-8-18-14(16)9-13)15(20)12-5-3-11(10-17)4-6-12/h3-9H,2H2,1H3. The van der Waals surface area contributed by atoms with Crippen LogP contribution >= 0.6 is 11.6 Å². The number of halogens is 1. The number of nitriles is 1. The van der Waals surface area contributed by atoms with Crippen LogP contribution in [0.3, 0.4) is 0 Å². The van der Waals surface area contributed by atoms with E-state index in [0.29, 0.717) is 28.5 Å². The van der Waals surface area contributed by atoms with Gasteiger partial charge in [-0.05, 0) is 43.3 Å². The summed E-state index contributed by atoms with van der Waals surface area (Å²) in [7, 11) is 0. The maximum atomic E-state index is 12.5. The smallest absolute Gasteiger partial charge is 0.258 e. The van der Waals surface area contributed by atoms with Gasteiger partial charge in [0.2, 0.25) is 0 Å². The molecule has 0 atom stereocenters. The highest BCUT2D eigenvalue weighted by molar-refractivity contribution is 6.29. The summed E-state index contributed by atoms with van der Waals surface area (Å²) in [6.07, 6.45) is 1.56. The van der Waals surface area contributed by atoms with E-state index in [0.717, 1.165) is 0 Å². The van der Waals surface area contributed by atoms with Crippen molar-refractivity contribution in [2.45, 2.75) is 6.92 Å². The maximum absolute atomic E-state index is 12.5. The minimum absolute atomic E-state index is 0.140. The lowest BCUT2D eigenvalue weighted by Gasteiger charge is -2.21. The van der Waals surface area contributed by atoms with Gasteiger partial charge in [0.05, 0.1) is 11.6 Å². The highest BCUT2D eigenvalue weighted by atomic mass is 35.5. The minimum atomic E-state index is -0.140. The van der Waals surface area contributed by atoms with Crippen molar-refractivity contribution in [1.82, 2.24) is 4.98 Å². The Balaban J connectivity index is 2.31. The first-order valence-corrected chi connectivity index (χ1v) is 6.47. The molecule has 0 unspecified atom stereocenters. The van der Waals surface area contributed by atoms with E-state index in [1.54, 1.807) is 47.5 Å². The van der Waals surface area contributed by atoms with Gasteiger partial charge in [-0.15, -0.1) is 0 Å². The molecule has 0 aliphatic heterocycles. The summed E-state index contributed by atoms with van der Waals surface area (Å²) in [4.78, 5) is 18.0. The van der Waals surface area contributed by atoms with Gasteiger partial charge in [0, 0.05) is 24.0 Å². The summed E-state index contributed by atoms with van der Waals surface area (Å²) < 4.78 is 0. The van der Waals surface area contributed by atoms with Gasteiger partial charge < -0.3 is 4.90 Å². The summed E-state index contributed by atoms with van der Waals surface area (Å²) >= 11 is 5.85. The van der Waals surface area contributed by atoms with Crippen molar-refractivity contribution >= 4 is 23.2 Å². The molecule has 0 radical (unpaired) electrons. The zero-order chi connectivity index (χ0) is 14.5. The van der Waals surface area contributed by atoms with Crippen molar-refractivity contribution in [3.8, 4) is 6.07 Å². The second kappa shape index (κ2) is 6.18.